The van der Waals surface area contributed by atoms with Gasteiger partial charge in [-0.1, -0.05) is 0 Å². The quantitative estimate of drug-likeness (QED) is 0.799. The molecule has 7 heteroatoms. The van der Waals surface area contributed by atoms with E-state index in [0.29, 0.717) is 9.88 Å². The van der Waals surface area contributed by atoms with Crippen LogP contribution in [0.3, 0.4) is 0 Å². The Morgan fingerprint density at radius 1 is 1.33 bits per heavy atom. The van der Waals surface area contributed by atoms with Crippen LogP contribution in [0.5, 0.6) is 0 Å². The topological polar surface area (TPSA) is 84.5 Å². The summed E-state index contributed by atoms with van der Waals surface area (Å²) >= 11 is 1.13. The molecule has 0 aliphatic rings. The van der Waals surface area contributed by atoms with Crippen LogP contribution in [0.25, 0.3) is 0 Å². The Morgan fingerprint density at radius 3 is 2.56 bits per heavy atom. The number of carbonyl (C=O) groups excluding carboxylic acids is 3. The van der Waals surface area contributed by atoms with E-state index in [0.717, 1.165) is 11.3 Å². The highest BCUT2D eigenvalue weighted by atomic mass is 32.1. The first kappa shape index (κ1) is 14.2. The minimum atomic E-state index is -0.714. The summed E-state index contributed by atoms with van der Waals surface area (Å²) in [4.78, 5) is 34.1. The van der Waals surface area contributed by atoms with Crippen LogP contribution < -0.4 is 10.6 Å². The summed E-state index contributed by atoms with van der Waals surface area (Å²) in [5.74, 6) is -1.09. The minimum absolute atomic E-state index is 0.202. The highest BCUT2D eigenvalue weighted by molar-refractivity contribution is 7.18. The van der Waals surface area contributed by atoms with Gasteiger partial charge >= 0.3 is 5.97 Å². The highest BCUT2D eigenvalue weighted by Gasteiger charge is 2.18. The van der Waals surface area contributed by atoms with Gasteiger partial charge in [0.05, 0.1) is 17.0 Å². The van der Waals surface area contributed by atoms with Crippen LogP contribution in [-0.4, -0.2) is 30.9 Å². The molecule has 0 radical (unpaired) electrons. The molecule has 0 aliphatic heterocycles. The number of methoxy groups -OCH3 is 1. The maximum atomic E-state index is 11.8. The number of rotatable bonds is 4. The van der Waals surface area contributed by atoms with Crippen molar-refractivity contribution >= 4 is 34.1 Å². The van der Waals surface area contributed by atoms with Crippen molar-refractivity contribution < 1.29 is 19.1 Å². The lowest BCUT2D eigenvalue weighted by atomic mass is 10.3. The van der Waals surface area contributed by atoms with Crippen LogP contribution in [0, 0.1) is 0 Å². The molecule has 1 heterocycles. The normalized spacial score (nSPS) is 11.5. The molecule has 98 valence electrons. The molecule has 1 atom stereocenters. The number of carbonyl (C=O) groups is 3. The molecule has 6 nitrogen and oxygen atoms in total. The van der Waals surface area contributed by atoms with Gasteiger partial charge in [-0.15, -0.1) is 11.3 Å². The summed E-state index contributed by atoms with van der Waals surface area (Å²) < 4.78 is 4.50. The Morgan fingerprint density at radius 2 is 2.00 bits per heavy atom. The van der Waals surface area contributed by atoms with Gasteiger partial charge in [0.1, 0.15) is 6.04 Å². The lowest BCUT2D eigenvalue weighted by Crippen LogP contribution is -2.38. The van der Waals surface area contributed by atoms with E-state index in [9.17, 15) is 14.4 Å². The Kier molecular flexibility index (Phi) is 4.85. The fourth-order valence-electron chi connectivity index (χ4n) is 1.20. The fraction of sp³-hybridized carbons (Fsp3) is 0.364. The standard InChI is InChI=1S/C11H14N2O4S/c1-6(11(16)17-3)12-10(15)8-4-5-9(18-8)13-7(2)14/h4-6H,1-3H3,(H,12,15)(H,13,14). The van der Waals surface area contributed by atoms with Gasteiger partial charge in [-0.2, -0.15) is 0 Å². The molecule has 0 saturated carbocycles. The summed E-state index contributed by atoms with van der Waals surface area (Å²) in [5.41, 5.74) is 0. The van der Waals surface area contributed by atoms with Crippen molar-refractivity contribution in [3.63, 3.8) is 0 Å². The van der Waals surface area contributed by atoms with Gasteiger partial charge in [-0.3, -0.25) is 9.59 Å². The van der Waals surface area contributed by atoms with Gasteiger partial charge in [0, 0.05) is 6.92 Å². The number of esters is 1. The number of hydrogen-bond donors (Lipinski definition) is 2. The van der Waals surface area contributed by atoms with Crippen molar-refractivity contribution in [2.45, 2.75) is 19.9 Å². The van der Waals surface area contributed by atoms with Crippen molar-refractivity contribution in [1.29, 1.82) is 0 Å². The first-order valence-corrected chi connectivity index (χ1v) is 6.01. The van der Waals surface area contributed by atoms with Crippen molar-refractivity contribution in [3.05, 3.63) is 17.0 Å². The Hall–Kier alpha value is -1.89. The summed E-state index contributed by atoms with van der Waals surface area (Å²) in [5, 5.41) is 5.65. The summed E-state index contributed by atoms with van der Waals surface area (Å²) in [6.45, 7) is 2.92. The molecule has 0 saturated heterocycles. The highest BCUT2D eigenvalue weighted by Crippen LogP contribution is 2.21. The fourth-order valence-corrected chi connectivity index (χ4v) is 2.06. The third kappa shape index (κ3) is 3.85. The largest absolute Gasteiger partial charge is 0.467 e. The third-order valence-corrected chi connectivity index (χ3v) is 3.03. The average molecular weight is 270 g/mol. The first-order valence-electron chi connectivity index (χ1n) is 5.20. The third-order valence-electron chi connectivity index (χ3n) is 2.03. The Bertz CT molecular complexity index is 469. The molecule has 1 aromatic rings. The van der Waals surface area contributed by atoms with E-state index >= 15 is 0 Å². The van der Waals surface area contributed by atoms with Crippen molar-refractivity contribution in [1.82, 2.24) is 5.32 Å². The summed E-state index contributed by atoms with van der Waals surface area (Å²) in [6.07, 6.45) is 0. The van der Waals surface area contributed by atoms with E-state index < -0.39 is 12.0 Å². The molecule has 1 unspecified atom stereocenters. The second kappa shape index (κ2) is 6.15. The molecule has 2 N–H and O–H groups in total. The molecule has 1 rings (SSSR count). The number of ether oxygens (including phenoxy) is 1. The smallest absolute Gasteiger partial charge is 0.328 e. The molecule has 0 spiro atoms. The van der Waals surface area contributed by atoms with E-state index in [1.54, 1.807) is 12.1 Å². The second-order valence-electron chi connectivity index (χ2n) is 3.56. The number of anilines is 1. The maximum absolute atomic E-state index is 11.8. The summed E-state index contributed by atoms with van der Waals surface area (Å²) in [6, 6.07) is 2.49. The zero-order valence-corrected chi connectivity index (χ0v) is 11.1. The van der Waals surface area contributed by atoms with Crippen LogP contribution in [0.15, 0.2) is 12.1 Å². The predicted molar refractivity (Wildman–Crippen MR) is 67.6 cm³/mol. The molecule has 18 heavy (non-hydrogen) atoms. The lowest BCUT2D eigenvalue weighted by molar-refractivity contribution is -0.142. The Labute approximate surface area is 108 Å². The van der Waals surface area contributed by atoms with E-state index in [1.807, 2.05) is 0 Å². The van der Waals surface area contributed by atoms with Crippen molar-refractivity contribution in [2.24, 2.45) is 0 Å². The predicted octanol–water partition coefficient (Wildman–Crippen LogP) is 0.998. The minimum Gasteiger partial charge on any atom is -0.467 e. The summed E-state index contributed by atoms with van der Waals surface area (Å²) in [7, 11) is 1.25. The second-order valence-corrected chi connectivity index (χ2v) is 4.65. The Balaban J connectivity index is 2.64. The number of thiophene rings is 1. The van der Waals surface area contributed by atoms with Crippen LogP contribution >= 0.6 is 11.3 Å². The van der Waals surface area contributed by atoms with E-state index in [-0.39, 0.29) is 11.8 Å². The van der Waals surface area contributed by atoms with Crippen molar-refractivity contribution in [2.75, 3.05) is 12.4 Å². The zero-order valence-electron chi connectivity index (χ0n) is 10.3. The van der Waals surface area contributed by atoms with Gasteiger partial charge in [0.2, 0.25) is 5.91 Å². The van der Waals surface area contributed by atoms with Crippen LogP contribution in [-0.2, 0) is 14.3 Å². The van der Waals surface area contributed by atoms with E-state index in [4.69, 9.17) is 0 Å². The number of nitrogens with one attached hydrogen (secondary N) is 2. The molecular weight excluding hydrogens is 256 g/mol. The van der Waals surface area contributed by atoms with Crippen LogP contribution in [0.4, 0.5) is 5.00 Å². The van der Waals surface area contributed by atoms with Crippen LogP contribution in [0.2, 0.25) is 0 Å². The number of hydrogen-bond acceptors (Lipinski definition) is 5. The van der Waals surface area contributed by atoms with Gasteiger partial charge < -0.3 is 15.4 Å². The van der Waals surface area contributed by atoms with Gasteiger partial charge in [-0.25, -0.2) is 4.79 Å². The maximum Gasteiger partial charge on any atom is 0.328 e. The molecule has 0 aliphatic carbocycles. The SMILES string of the molecule is COC(=O)C(C)NC(=O)c1ccc(NC(C)=O)s1. The molecule has 2 amide bonds. The van der Waals surface area contributed by atoms with Gasteiger partial charge in [-0.05, 0) is 19.1 Å². The first-order chi connectivity index (χ1) is 8.43. The molecule has 0 bridgehead atoms. The number of amides is 2. The van der Waals surface area contributed by atoms with Crippen LogP contribution in [0.1, 0.15) is 23.5 Å². The molecule has 0 aromatic carbocycles. The average Bonchev–Trinajstić information content (AvgIpc) is 2.75. The zero-order chi connectivity index (χ0) is 13.7. The van der Waals surface area contributed by atoms with E-state index in [1.165, 1.54) is 21.0 Å². The van der Waals surface area contributed by atoms with Gasteiger partial charge in [0.15, 0.2) is 0 Å². The molecular formula is C11H14N2O4S. The van der Waals surface area contributed by atoms with Crippen molar-refractivity contribution in [3.8, 4) is 0 Å². The van der Waals surface area contributed by atoms with Gasteiger partial charge in [0.25, 0.3) is 5.91 Å². The van der Waals surface area contributed by atoms with E-state index in [2.05, 4.69) is 15.4 Å². The molecule has 0 fully saturated rings. The molecule has 1 aromatic heterocycles. The monoisotopic (exact) mass is 270 g/mol. The lowest BCUT2D eigenvalue weighted by Gasteiger charge is -2.10.